The summed E-state index contributed by atoms with van der Waals surface area (Å²) in [5.74, 6) is 0.811. The van der Waals surface area contributed by atoms with Crippen molar-refractivity contribution in [1.29, 1.82) is 0 Å². The van der Waals surface area contributed by atoms with Crippen molar-refractivity contribution in [2.45, 2.75) is 46.1 Å². The summed E-state index contributed by atoms with van der Waals surface area (Å²) >= 11 is 1.38. The molecule has 0 aromatic heterocycles. The van der Waals surface area contributed by atoms with Crippen molar-refractivity contribution in [2.24, 2.45) is 4.99 Å². The van der Waals surface area contributed by atoms with Crippen LogP contribution in [0, 0.1) is 0 Å². The number of urea groups is 2. The molecule has 0 aromatic carbocycles. The smallest absolute Gasteiger partial charge is 0.333 e. The van der Waals surface area contributed by atoms with E-state index in [0.717, 1.165) is 18.6 Å². The summed E-state index contributed by atoms with van der Waals surface area (Å²) in [5, 5.41) is 5.74. The van der Waals surface area contributed by atoms with Crippen LogP contribution in [0.5, 0.6) is 0 Å². The van der Waals surface area contributed by atoms with Gasteiger partial charge < -0.3 is 10.2 Å². The minimum atomic E-state index is -0.389. The van der Waals surface area contributed by atoms with Gasteiger partial charge in [-0.15, -0.1) is 0 Å². The number of carbonyl (C=O) groups excluding carboxylic acids is 2. The molecule has 0 unspecified atom stereocenters. The van der Waals surface area contributed by atoms with Gasteiger partial charge in [0.15, 0.2) is 5.17 Å². The highest BCUT2D eigenvalue weighted by Gasteiger charge is 2.16. The van der Waals surface area contributed by atoms with E-state index in [4.69, 9.17) is 0 Å². The average molecular weight is 302 g/mol. The first-order valence-electron chi connectivity index (χ1n) is 6.67. The average Bonchev–Trinajstić information content (AvgIpc) is 2.26. The van der Waals surface area contributed by atoms with Crippen LogP contribution in [0.3, 0.4) is 0 Å². The highest BCUT2D eigenvalue weighted by Crippen LogP contribution is 2.07. The molecule has 0 aromatic rings. The van der Waals surface area contributed by atoms with E-state index in [2.05, 4.69) is 22.5 Å². The molecule has 0 fully saturated rings. The maximum atomic E-state index is 11.8. The number of nitrogens with one attached hydrogen (secondary N) is 2. The molecule has 7 heteroatoms. The van der Waals surface area contributed by atoms with Crippen LogP contribution < -0.4 is 10.6 Å². The Kier molecular flexibility index (Phi) is 8.29. The Morgan fingerprint density at radius 2 is 1.85 bits per heavy atom. The van der Waals surface area contributed by atoms with Crippen LogP contribution in [0.15, 0.2) is 4.99 Å². The number of unbranched alkanes of at least 4 members (excludes halogenated alkanes) is 1. The standard InChI is InChI=1S/C13H26N4O2S/c1-7-8-9-20-11(15-12(19)17(5)6)14-10(18)16-13(2,3)4/h7-9H2,1-6H3,(H2,14,15,16,18,19). The fraction of sp³-hybridized carbons (Fsp3) is 0.769. The Balaban J connectivity index is 4.68. The van der Waals surface area contributed by atoms with Crippen LogP contribution in [0.1, 0.15) is 40.5 Å². The second-order valence-corrected chi connectivity index (χ2v) is 6.71. The van der Waals surface area contributed by atoms with E-state index in [1.807, 2.05) is 20.8 Å². The predicted molar refractivity (Wildman–Crippen MR) is 85.3 cm³/mol. The summed E-state index contributed by atoms with van der Waals surface area (Å²) in [6.07, 6.45) is 2.05. The number of aliphatic imine (C=N–C) groups is 1. The number of hydrogen-bond acceptors (Lipinski definition) is 3. The molecule has 0 bridgehead atoms. The topological polar surface area (TPSA) is 73.8 Å². The van der Waals surface area contributed by atoms with Gasteiger partial charge in [0, 0.05) is 25.4 Å². The Labute approximate surface area is 125 Å². The zero-order chi connectivity index (χ0) is 15.8. The SMILES string of the molecule is CCCCSC(=NC(=O)N(C)C)NC(=O)NC(C)(C)C. The molecule has 2 N–H and O–H groups in total. The summed E-state index contributed by atoms with van der Waals surface area (Å²) in [5.41, 5.74) is -0.338. The molecule has 4 amide bonds. The van der Waals surface area contributed by atoms with Gasteiger partial charge in [-0.05, 0) is 27.2 Å². The van der Waals surface area contributed by atoms with Crippen molar-refractivity contribution in [3.05, 3.63) is 0 Å². The second kappa shape index (κ2) is 8.84. The first-order valence-corrected chi connectivity index (χ1v) is 7.66. The number of nitrogens with zero attached hydrogens (tertiary/aromatic N) is 2. The van der Waals surface area contributed by atoms with Crippen molar-refractivity contribution in [3.8, 4) is 0 Å². The van der Waals surface area contributed by atoms with Crippen molar-refractivity contribution >= 4 is 29.0 Å². The van der Waals surface area contributed by atoms with Crippen LogP contribution >= 0.6 is 11.8 Å². The highest BCUT2D eigenvalue weighted by atomic mass is 32.2. The van der Waals surface area contributed by atoms with Gasteiger partial charge in [0.1, 0.15) is 0 Å². The number of thioether (sulfide) groups is 1. The summed E-state index contributed by atoms with van der Waals surface area (Å²) in [6.45, 7) is 7.75. The molecule has 0 radical (unpaired) electrons. The predicted octanol–water partition coefficient (Wildman–Crippen LogP) is 2.66. The molecule has 0 saturated carbocycles. The van der Waals surface area contributed by atoms with Crippen molar-refractivity contribution in [3.63, 3.8) is 0 Å². The number of amides is 4. The van der Waals surface area contributed by atoms with Gasteiger partial charge in [-0.1, -0.05) is 25.1 Å². The van der Waals surface area contributed by atoms with Gasteiger partial charge in [-0.3, -0.25) is 5.32 Å². The number of rotatable bonds is 3. The lowest BCUT2D eigenvalue weighted by Crippen LogP contribution is -2.48. The van der Waals surface area contributed by atoms with Crippen LogP contribution in [0.25, 0.3) is 0 Å². The molecule has 116 valence electrons. The van der Waals surface area contributed by atoms with Crippen molar-refractivity contribution in [1.82, 2.24) is 15.5 Å². The molecule has 0 saturated heterocycles. The highest BCUT2D eigenvalue weighted by molar-refractivity contribution is 8.13. The lowest BCUT2D eigenvalue weighted by atomic mass is 10.1. The van der Waals surface area contributed by atoms with E-state index >= 15 is 0 Å². The fourth-order valence-electron chi connectivity index (χ4n) is 1.07. The molecule has 6 nitrogen and oxygen atoms in total. The summed E-state index contributed by atoms with van der Waals surface area (Å²) in [7, 11) is 3.24. The minimum absolute atomic E-state index is 0.332. The minimum Gasteiger partial charge on any atom is -0.333 e. The summed E-state index contributed by atoms with van der Waals surface area (Å²) in [6, 6.07) is -0.744. The van der Waals surface area contributed by atoms with Gasteiger partial charge in [0.25, 0.3) is 0 Å². The van der Waals surface area contributed by atoms with E-state index in [-0.39, 0.29) is 17.6 Å². The summed E-state index contributed by atoms with van der Waals surface area (Å²) < 4.78 is 0. The Hall–Kier alpha value is -1.24. The lowest BCUT2D eigenvalue weighted by Gasteiger charge is -2.21. The van der Waals surface area contributed by atoms with Gasteiger partial charge in [0.05, 0.1) is 0 Å². The van der Waals surface area contributed by atoms with Crippen LogP contribution in [-0.4, -0.2) is 47.5 Å². The van der Waals surface area contributed by atoms with Gasteiger partial charge >= 0.3 is 12.1 Å². The molecular formula is C13H26N4O2S. The largest absolute Gasteiger partial charge is 0.345 e. The van der Waals surface area contributed by atoms with E-state index in [1.165, 1.54) is 16.7 Å². The van der Waals surface area contributed by atoms with Crippen LogP contribution in [0.4, 0.5) is 9.59 Å². The quantitative estimate of drug-likeness (QED) is 0.478. The summed E-state index contributed by atoms with van der Waals surface area (Å²) in [4.78, 5) is 28.7. The molecular weight excluding hydrogens is 276 g/mol. The molecule has 0 aliphatic carbocycles. The maximum absolute atomic E-state index is 11.8. The molecule has 0 atom stereocenters. The first-order chi connectivity index (χ1) is 9.15. The Morgan fingerprint density at radius 3 is 2.30 bits per heavy atom. The van der Waals surface area contributed by atoms with Crippen LogP contribution in [-0.2, 0) is 0 Å². The third-order valence-corrected chi connectivity index (χ3v) is 2.99. The molecule has 0 spiro atoms. The van der Waals surface area contributed by atoms with E-state index in [0.29, 0.717) is 5.17 Å². The maximum Gasteiger partial charge on any atom is 0.345 e. The number of carbonyl (C=O) groups is 2. The Morgan fingerprint density at radius 1 is 1.25 bits per heavy atom. The zero-order valence-corrected chi connectivity index (χ0v) is 14.1. The van der Waals surface area contributed by atoms with Crippen LogP contribution in [0.2, 0.25) is 0 Å². The molecule has 0 aliphatic rings. The lowest BCUT2D eigenvalue weighted by molar-refractivity contribution is 0.227. The van der Waals surface area contributed by atoms with Gasteiger partial charge in [-0.25, -0.2) is 9.59 Å². The van der Waals surface area contributed by atoms with Gasteiger partial charge in [0.2, 0.25) is 0 Å². The van der Waals surface area contributed by atoms with E-state index in [9.17, 15) is 9.59 Å². The number of amidine groups is 1. The third kappa shape index (κ3) is 9.66. The molecule has 20 heavy (non-hydrogen) atoms. The fourth-order valence-corrected chi connectivity index (χ4v) is 2.00. The van der Waals surface area contributed by atoms with Crippen molar-refractivity contribution < 1.29 is 9.59 Å². The molecule has 0 heterocycles. The van der Waals surface area contributed by atoms with E-state index < -0.39 is 0 Å². The van der Waals surface area contributed by atoms with E-state index in [1.54, 1.807) is 14.1 Å². The zero-order valence-electron chi connectivity index (χ0n) is 13.2. The first kappa shape index (κ1) is 18.8. The monoisotopic (exact) mass is 302 g/mol. The number of hydrogen-bond donors (Lipinski definition) is 2. The molecule has 0 aliphatic heterocycles. The third-order valence-electron chi connectivity index (χ3n) is 2.03. The van der Waals surface area contributed by atoms with Crippen molar-refractivity contribution in [2.75, 3.05) is 19.8 Å². The molecule has 0 rings (SSSR count). The normalized spacial score (nSPS) is 12.0. The van der Waals surface area contributed by atoms with Gasteiger partial charge in [-0.2, -0.15) is 4.99 Å². The Bertz CT molecular complexity index is 362. The second-order valence-electron chi connectivity index (χ2n) is 5.63.